The lowest BCUT2D eigenvalue weighted by Crippen LogP contribution is -2.54. The van der Waals surface area contributed by atoms with Crippen LogP contribution in [0.3, 0.4) is 0 Å². The highest BCUT2D eigenvalue weighted by Crippen LogP contribution is 2.17. The maximum Gasteiger partial charge on any atom is 0.325 e. The second kappa shape index (κ2) is 24.5. The van der Waals surface area contributed by atoms with Crippen LogP contribution in [0.15, 0.2) is 0 Å². The highest BCUT2D eigenvalue weighted by molar-refractivity contribution is 5.96. The first-order valence-corrected chi connectivity index (χ1v) is 17.7. The van der Waals surface area contributed by atoms with Gasteiger partial charge in [0.15, 0.2) is 0 Å². The number of nitrogens with two attached hydrogens (primary N) is 1. The summed E-state index contributed by atoms with van der Waals surface area (Å²) in [6.45, 7) is 3.27. The molecular weight excluding hydrogens is 746 g/mol. The van der Waals surface area contributed by atoms with E-state index in [0.29, 0.717) is 12.8 Å². The number of aliphatic carboxylic acids is 1. The molecule has 10 amide bonds. The first-order chi connectivity index (χ1) is 26.2. The van der Waals surface area contributed by atoms with Crippen LogP contribution in [0.5, 0.6) is 0 Å². The first kappa shape index (κ1) is 48.1. The average molecular weight is 800 g/mol. The zero-order valence-corrected chi connectivity index (χ0v) is 31.7. The molecule has 1 aliphatic rings. The number of hydrogen-bond donors (Lipinski definition) is 12. The number of primary amides is 1. The summed E-state index contributed by atoms with van der Waals surface area (Å²) in [5, 5.41) is 39.4. The molecule has 0 aromatic rings. The second-order valence-electron chi connectivity index (χ2n) is 12.9. The fraction of sp³-hybridized carbons (Fsp3) is 0.656. The van der Waals surface area contributed by atoms with Crippen molar-refractivity contribution in [2.45, 2.75) is 89.7 Å². The fourth-order valence-corrected chi connectivity index (χ4v) is 4.86. The summed E-state index contributed by atoms with van der Waals surface area (Å²) in [4.78, 5) is 135. The van der Waals surface area contributed by atoms with Crippen LogP contribution >= 0.6 is 0 Å². The summed E-state index contributed by atoms with van der Waals surface area (Å²) >= 11 is 0. The van der Waals surface area contributed by atoms with E-state index in [2.05, 4.69) is 47.9 Å². The van der Waals surface area contributed by atoms with Crippen molar-refractivity contribution >= 4 is 65.0 Å². The number of rotatable bonds is 24. The molecule has 1 heterocycles. The van der Waals surface area contributed by atoms with Crippen LogP contribution in [0.1, 0.15) is 53.4 Å². The molecule has 0 saturated carbocycles. The normalized spacial score (nSPS) is 16.0. The van der Waals surface area contributed by atoms with E-state index >= 15 is 0 Å². The molecule has 24 heteroatoms. The number of aliphatic hydroxyl groups excluding tert-OH is 1. The standard InChI is InChI=1S/C32H53N11O13/c1-16(44)10-34-11-25(48)40-18(3)29(52)42-20(7-8-22(33)45)30(53)37-13-24(47)35-12-23(46)36-14-26(49)39-17(2)28(51)38-15-27(50)43-9-5-6-21(43)31(54)41-19(4)32(55)56/h16-21,34,44H,5-15H2,1-4H3,(H2,33,45)(H,35,47)(H,36,46)(H,37,53)(H,38,51)(H,39,49)(H,40,48)(H,41,54)(H,42,52)(H,55,56)/t16?,17?,18-,19-,20?,21?/m0/s1. The SMILES string of the molecule is CC(O)CNCC(=O)N[C@@H](C)C(=O)NC(CCC(N)=O)C(=O)NCC(=O)NCC(=O)NCC(=O)NC(C)C(=O)NCC(=O)N1CCCC1C(=O)N[C@@H](C)C(=O)O. The molecule has 13 N–H and O–H groups in total. The van der Waals surface area contributed by atoms with Crippen LogP contribution in [0.25, 0.3) is 0 Å². The van der Waals surface area contributed by atoms with Crippen molar-refractivity contribution in [3.05, 3.63) is 0 Å². The van der Waals surface area contributed by atoms with E-state index in [4.69, 9.17) is 10.8 Å². The molecule has 6 atom stereocenters. The molecule has 0 aliphatic carbocycles. The second-order valence-corrected chi connectivity index (χ2v) is 12.9. The third-order valence-electron chi connectivity index (χ3n) is 7.91. The molecule has 314 valence electrons. The predicted octanol–water partition coefficient (Wildman–Crippen LogP) is -7.24. The lowest BCUT2D eigenvalue weighted by Gasteiger charge is -2.25. The molecule has 0 aromatic carbocycles. The number of amides is 10. The third kappa shape index (κ3) is 18.9. The Kier molecular flexibility index (Phi) is 21.0. The van der Waals surface area contributed by atoms with Gasteiger partial charge in [-0.25, -0.2) is 0 Å². The van der Waals surface area contributed by atoms with Gasteiger partial charge in [-0.2, -0.15) is 0 Å². The zero-order chi connectivity index (χ0) is 42.5. The Balaban J connectivity index is 2.46. The first-order valence-electron chi connectivity index (χ1n) is 17.7. The summed E-state index contributed by atoms with van der Waals surface area (Å²) in [6.07, 6.45) is -0.422. The number of carbonyl (C=O) groups is 11. The van der Waals surface area contributed by atoms with Crippen molar-refractivity contribution in [1.29, 1.82) is 0 Å². The number of carbonyl (C=O) groups excluding carboxylic acids is 10. The van der Waals surface area contributed by atoms with Crippen molar-refractivity contribution in [3.63, 3.8) is 0 Å². The van der Waals surface area contributed by atoms with Crippen molar-refractivity contribution in [2.75, 3.05) is 45.8 Å². The van der Waals surface area contributed by atoms with Gasteiger partial charge in [-0.1, -0.05) is 0 Å². The number of nitrogens with zero attached hydrogens (tertiary/aromatic N) is 1. The molecule has 0 spiro atoms. The van der Waals surface area contributed by atoms with Crippen molar-refractivity contribution in [1.82, 2.24) is 52.8 Å². The van der Waals surface area contributed by atoms with Gasteiger partial charge in [0.25, 0.3) is 0 Å². The molecule has 24 nitrogen and oxygen atoms in total. The molecular formula is C32H53N11O13. The van der Waals surface area contributed by atoms with Gasteiger partial charge in [-0.05, 0) is 47.0 Å². The van der Waals surface area contributed by atoms with Gasteiger partial charge < -0.3 is 68.7 Å². The molecule has 1 rings (SSSR count). The van der Waals surface area contributed by atoms with Crippen molar-refractivity contribution in [3.8, 4) is 0 Å². The van der Waals surface area contributed by atoms with Crippen molar-refractivity contribution < 1.29 is 63.0 Å². The fourth-order valence-electron chi connectivity index (χ4n) is 4.86. The smallest absolute Gasteiger partial charge is 0.325 e. The van der Waals surface area contributed by atoms with Gasteiger partial charge in [0.1, 0.15) is 30.2 Å². The Morgan fingerprint density at radius 3 is 1.77 bits per heavy atom. The molecule has 1 aliphatic heterocycles. The minimum Gasteiger partial charge on any atom is -0.480 e. The Hall–Kier alpha value is -5.91. The van der Waals surface area contributed by atoms with E-state index in [0.717, 1.165) is 0 Å². The molecule has 0 aromatic heterocycles. The topological polar surface area (TPSA) is 366 Å². The van der Waals surface area contributed by atoms with Gasteiger partial charge in [-0.15, -0.1) is 0 Å². The van der Waals surface area contributed by atoms with Gasteiger partial charge in [0.05, 0.1) is 38.8 Å². The minimum absolute atomic E-state index is 0.139. The molecule has 1 saturated heterocycles. The van der Waals surface area contributed by atoms with Gasteiger partial charge in [0.2, 0.25) is 59.1 Å². The van der Waals surface area contributed by atoms with Crippen LogP contribution in [0, 0.1) is 0 Å². The molecule has 4 unspecified atom stereocenters. The minimum atomic E-state index is -1.33. The highest BCUT2D eigenvalue weighted by atomic mass is 16.4. The van der Waals surface area contributed by atoms with Crippen LogP contribution in [0.4, 0.5) is 0 Å². The maximum absolute atomic E-state index is 12.7. The average Bonchev–Trinajstić information content (AvgIpc) is 3.62. The summed E-state index contributed by atoms with van der Waals surface area (Å²) in [5.74, 6) is -8.63. The van der Waals surface area contributed by atoms with E-state index in [1.165, 1.54) is 32.6 Å². The van der Waals surface area contributed by atoms with E-state index in [-0.39, 0.29) is 32.5 Å². The highest BCUT2D eigenvalue weighted by Gasteiger charge is 2.35. The number of carboxylic acid groups (broad SMARTS) is 1. The largest absolute Gasteiger partial charge is 0.480 e. The number of likely N-dealkylation sites (tertiary alicyclic amines) is 1. The Morgan fingerprint density at radius 1 is 0.661 bits per heavy atom. The molecule has 0 bridgehead atoms. The quantitative estimate of drug-likeness (QED) is 0.0432. The summed E-state index contributed by atoms with van der Waals surface area (Å²) in [5.41, 5.74) is 5.16. The van der Waals surface area contributed by atoms with Gasteiger partial charge >= 0.3 is 5.97 Å². The zero-order valence-electron chi connectivity index (χ0n) is 31.7. The number of carboxylic acids is 1. The monoisotopic (exact) mass is 799 g/mol. The van der Waals surface area contributed by atoms with Crippen LogP contribution in [0.2, 0.25) is 0 Å². The number of aliphatic hydroxyl groups is 1. The molecule has 56 heavy (non-hydrogen) atoms. The number of hydrogen-bond acceptors (Lipinski definition) is 13. The van der Waals surface area contributed by atoms with Crippen LogP contribution in [-0.4, -0.2) is 162 Å². The summed E-state index contributed by atoms with van der Waals surface area (Å²) < 4.78 is 0. The van der Waals surface area contributed by atoms with Crippen LogP contribution in [-0.2, 0) is 52.7 Å². The summed E-state index contributed by atoms with van der Waals surface area (Å²) in [6, 6.07) is -5.63. The Labute approximate surface area is 321 Å². The molecule has 1 fully saturated rings. The van der Waals surface area contributed by atoms with E-state index in [9.17, 15) is 57.8 Å². The van der Waals surface area contributed by atoms with E-state index in [1.807, 2.05) is 0 Å². The number of nitrogens with one attached hydrogen (secondary N) is 9. The summed E-state index contributed by atoms with van der Waals surface area (Å²) in [7, 11) is 0. The van der Waals surface area contributed by atoms with E-state index < -0.39 is 128 Å². The third-order valence-corrected chi connectivity index (χ3v) is 7.91. The van der Waals surface area contributed by atoms with Gasteiger partial charge in [-0.3, -0.25) is 52.7 Å². The van der Waals surface area contributed by atoms with Crippen molar-refractivity contribution in [2.24, 2.45) is 5.73 Å². The van der Waals surface area contributed by atoms with E-state index in [1.54, 1.807) is 0 Å². The van der Waals surface area contributed by atoms with Crippen LogP contribution < -0.4 is 53.6 Å². The Bertz CT molecular complexity index is 1480. The predicted molar refractivity (Wildman–Crippen MR) is 192 cm³/mol. The van der Waals surface area contributed by atoms with Gasteiger partial charge in [0, 0.05) is 19.5 Å². The lowest BCUT2D eigenvalue weighted by molar-refractivity contribution is -0.143. The lowest BCUT2D eigenvalue weighted by atomic mass is 10.1. The molecule has 0 radical (unpaired) electrons. The maximum atomic E-state index is 12.7. The Morgan fingerprint density at radius 2 is 1.20 bits per heavy atom.